The number of urea groups is 1. The number of rotatable bonds is 2. The van der Waals surface area contributed by atoms with Crippen LogP contribution in [0.4, 0.5) is 4.79 Å². The fourth-order valence-electron chi connectivity index (χ4n) is 1.03. The van der Waals surface area contributed by atoms with Crippen molar-refractivity contribution in [1.29, 1.82) is 0 Å². The van der Waals surface area contributed by atoms with Crippen molar-refractivity contribution in [2.75, 3.05) is 7.05 Å². The fourth-order valence-corrected chi connectivity index (χ4v) is 1.03. The quantitative estimate of drug-likeness (QED) is 0.729. The zero-order valence-corrected chi connectivity index (χ0v) is 8.05. The van der Waals surface area contributed by atoms with E-state index in [-0.39, 0.29) is 12.1 Å². The highest BCUT2D eigenvalue weighted by Gasteiger charge is 2.10. The van der Waals surface area contributed by atoms with Crippen LogP contribution in [0.5, 0.6) is 0 Å². The van der Waals surface area contributed by atoms with Gasteiger partial charge in [0.1, 0.15) is 11.5 Å². The van der Waals surface area contributed by atoms with E-state index in [1.54, 1.807) is 7.05 Å². The van der Waals surface area contributed by atoms with Crippen LogP contribution in [-0.2, 0) is 0 Å². The van der Waals surface area contributed by atoms with Crippen molar-refractivity contribution in [2.24, 2.45) is 0 Å². The second-order valence-electron chi connectivity index (χ2n) is 2.89. The first kappa shape index (κ1) is 9.64. The lowest BCUT2D eigenvalue weighted by Crippen LogP contribution is -2.34. The highest BCUT2D eigenvalue weighted by molar-refractivity contribution is 5.73. The minimum atomic E-state index is -0.207. The minimum absolute atomic E-state index is 0.103. The second kappa shape index (κ2) is 3.98. The number of aryl methyl sites for hydroxylation is 1. The fraction of sp³-hybridized carbons (Fsp3) is 0.444. The summed E-state index contributed by atoms with van der Waals surface area (Å²) < 4.78 is 5.35. The van der Waals surface area contributed by atoms with Gasteiger partial charge in [-0.25, -0.2) is 4.79 Å². The molecule has 1 rings (SSSR count). The minimum Gasteiger partial charge on any atom is -0.464 e. The first-order valence-corrected chi connectivity index (χ1v) is 4.18. The Bertz CT molecular complexity index is 294. The molecule has 0 bridgehead atoms. The summed E-state index contributed by atoms with van der Waals surface area (Å²) in [7, 11) is 1.58. The van der Waals surface area contributed by atoms with Crippen molar-refractivity contribution in [3.63, 3.8) is 0 Å². The van der Waals surface area contributed by atoms with Gasteiger partial charge in [0.2, 0.25) is 0 Å². The molecule has 1 unspecified atom stereocenters. The maximum atomic E-state index is 10.9. The van der Waals surface area contributed by atoms with E-state index >= 15 is 0 Å². The third kappa shape index (κ3) is 2.50. The van der Waals surface area contributed by atoms with Gasteiger partial charge in [-0.2, -0.15) is 0 Å². The van der Waals surface area contributed by atoms with E-state index in [2.05, 4.69) is 10.6 Å². The van der Waals surface area contributed by atoms with Gasteiger partial charge in [-0.15, -0.1) is 0 Å². The lowest BCUT2D eigenvalue weighted by molar-refractivity contribution is 0.238. The number of furan rings is 1. The normalized spacial score (nSPS) is 12.2. The van der Waals surface area contributed by atoms with E-state index in [0.29, 0.717) is 0 Å². The van der Waals surface area contributed by atoms with Crippen LogP contribution >= 0.6 is 0 Å². The third-order valence-electron chi connectivity index (χ3n) is 1.76. The van der Waals surface area contributed by atoms with Crippen LogP contribution in [0.15, 0.2) is 16.5 Å². The summed E-state index contributed by atoms with van der Waals surface area (Å²) in [4.78, 5) is 10.9. The van der Waals surface area contributed by atoms with Crippen molar-refractivity contribution < 1.29 is 9.21 Å². The molecular formula is C9H14N2O2. The van der Waals surface area contributed by atoms with E-state index < -0.39 is 0 Å². The number of amides is 2. The molecule has 0 aliphatic carbocycles. The number of carbonyl (C=O) groups excluding carboxylic acids is 1. The van der Waals surface area contributed by atoms with E-state index in [1.165, 1.54) is 0 Å². The van der Waals surface area contributed by atoms with Gasteiger partial charge in [0.05, 0.1) is 6.04 Å². The SMILES string of the molecule is CNC(=O)NC(C)c1ccc(C)o1. The largest absolute Gasteiger partial charge is 0.464 e. The molecule has 1 heterocycles. The second-order valence-corrected chi connectivity index (χ2v) is 2.89. The van der Waals surface area contributed by atoms with E-state index in [4.69, 9.17) is 4.42 Å². The molecule has 0 fully saturated rings. The molecule has 1 aromatic rings. The predicted molar refractivity (Wildman–Crippen MR) is 49.5 cm³/mol. The maximum absolute atomic E-state index is 10.9. The zero-order valence-electron chi connectivity index (χ0n) is 8.05. The standard InChI is InChI=1S/C9H14N2O2/c1-6-4-5-8(13-6)7(2)11-9(12)10-3/h4-5,7H,1-3H3,(H2,10,11,12). The van der Waals surface area contributed by atoms with Crippen LogP contribution in [0.2, 0.25) is 0 Å². The Balaban J connectivity index is 2.58. The van der Waals surface area contributed by atoms with Gasteiger partial charge in [0, 0.05) is 7.05 Å². The van der Waals surface area contributed by atoms with Crippen LogP contribution in [0, 0.1) is 6.92 Å². The summed E-state index contributed by atoms with van der Waals surface area (Å²) in [6.45, 7) is 3.74. The lowest BCUT2D eigenvalue weighted by Gasteiger charge is -2.10. The summed E-state index contributed by atoms with van der Waals surface area (Å²) in [5.74, 6) is 1.61. The number of hydrogen-bond donors (Lipinski definition) is 2. The Morgan fingerprint density at radius 1 is 1.54 bits per heavy atom. The van der Waals surface area contributed by atoms with E-state index in [1.807, 2.05) is 26.0 Å². The molecule has 0 spiro atoms. The van der Waals surface area contributed by atoms with Crippen LogP contribution < -0.4 is 10.6 Å². The molecule has 1 aromatic heterocycles. The maximum Gasteiger partial charge on any atom is 0.315 e. The van der Waals surface area contributed by atoms with Gasteiger partial charge in [-0.05, 0) is 26.0 Å². The van der Waals surface area contributed by atoms with Crippen molar-refractivity contribution in [3.8, 4) is 0 Å². The molecule has 1 atom stereocenters. The van der Waals surface area contributed by atoms with Crippen molar-refractivity contribution >= 4 is 6.03 Å². The van der Waals surface area contributed by atoms with Crippen LogP contribution in [-0.4, -0.2) is 13.1 Å². The summed E-state index contributed by atoms with van der Waals surface area (Å²) in [5.41, 5.74) is 0. The Labute approximate surface area is 77.3 Å². The third-order valence-corrected chi connectivity index (χ3v) is 1.76. The van der Waals surface area contributed by atoms with Gasteiger partial charge in [0.15, 0.2) is 0 Å². The molecule has 2 N–H and O–H groups in total. The Morgan fingerprint density at radius 2 is 2.23 bits per heavy atom. The molecule has 0 aliphatic rings. The van der Waals surface area contributed by atoms with Gasteiger partial charge in [0.25, 0.3) is 0 Å². The predicted octanol–water partition coefficient (Wildman–Crippen LogP) is 1.58. The van der Waals surface area contributed by atoms with Crippen molar-refractivity contribution in [1.82, 2.24) is 10.6 Å². The van der Waals surface area contributed by atoms with Crippen molar-refractivity contribution in [3.05, 3.63) is 23.7 Å². The Hall–Kier alpha value is -1.45. The monoisotopic (exact) mass is 182 g/mol. The number of nitrogens with one attached hydrogen (secondary N) is 2. The highest BCUT2D eigenvalue weighted by Crippen LogP contribution is 2.14. The average molecular weight is 182 g/mol. The van der Waals surface area contributed by atoms with Gasteiger partial charge in [-0.3, -0.25) is 0 Å². The van der Waals surface area contributed by atoms with Crippen molar-refractivity contribution in [2.45, 2.75) is 19.9 Å². The molecule has 0 saturated carbocycles. The Kier molecular flexibility index (Phi) is 2.95. The van der Waals surface area contributed by atoms with Gasteiger partial charge >= 0.3 is 6.03 Å². The van der Waals surface area contributed by atoms with Gasteiger partial charge < -0.3 is 15.1 Å². The summed E-state index contributed by atoms with van der Waals surface area (Å²) >= 11 is 0. The lowest BCUT2D eigenvalue weighted by atomic mass is 10.2. The first-order valence-electron chi connectivity index (χ1n) is 4.18. The number of carbonyl (C=O) groups is 1. The molecule has 0 radical (unpaired) electrons. The van der Waals surface area contributed by atoms with Crippen LogP contribution in [0.25, 0.3) is 0 Å². The molecule has 2 amide bonds. The molecule has 0 aliphatic heterocycles. The average Bonchev–Trinajstić information content (AvgIpc) is 2.51. The molecule has 0 aromatic carbocycles. The summed E-state index contributed by atoms with van der Waals surface area (Å²) in [6, 6.07) is 3.42. The first-order chi connectivity index (χ1) is 6.13. The molecule has 13 heavy (non-hydrogen) atoms. The molecule has 4 nitrogen and oxygen atoms in total. The Morgan fingerprint density at radius 3 is 2.69 bits per heavy atom. The summed E-state index contributed by atoms with van der Waals surface area (Å²) in [5, 5.41) is 5.20. The zero-order chi connectivity index (χ0) is 9.84. The van der Waals surface area contributed by atoms with E-state index in [0.717, 1.165) is 11.5 Å². The summed E-state index contributed by atoms with van der Waals surface area (Å²) in [6.07, 6.45) is 0. The van der Waals surface area contributed by atoms with E-state index in [9.17, 15) is 4.79 Å². The molecule has 72 valence electrons. The van der Waals surface area contributed by atoms with Crippen LogP contribution in [0.1, 0.15) is 24.5 Å². The van der Waals surface area contributed by atoms with Gasteiger partial charge in [-0.1, -0.05) is 0 Å². The van der Waals surface area contributed by atoms with Crippen LogP contribution in [0.3, 0.4) is 0 Å². The smallest absolute Gasteiger partial charge is 0.315 e. The highest BCUT2D eigenvalue weighted by atomic mass is 16.3. The number of hydrogen-bond acceptors (Lipinski definition) is 2. The molecular weight excluding hydrogens is 168 g/mol. The molecule has 0 saturated heterocycles. The molecule has 4 heteroatoms. The topological polar surface area (TPSA) is 54.3 Å².